The molecule has 0 bridgehead atoms. The molecule has 0 spiro atoms. The van der Waals surface area contributed by atoms with Crippen LogP contribution in [0.4, 0.5) is 0 Å². The summed E-state index contributed by atoms with van der Waals surface area (Å²) in [6.07, 6.45) is 3.20. The van der Waals surface area contributed by atoms with Crippen LogP contribution in [0.3, 0.4) is 0 Å². The van der Waals surface area contributed by atoms with Crippen LogP contribution in [-0.4, -0.2) is 53.1 Å². The highest BCUT2D eigenvalue weighted by molar-refractivity contribution is 5.74. The first-order valence-electron chi connectivity index (χ1n) is 7.50. The minimum Gasteiger partial charge on any atom is -0.480 e. The average molecular weight is 274 g/mol. The van der Waals surface area contributed by atoms with E-state index in [9.17, 15) is 9.90 Å². The fraction of sp³-hybridized carbons (Fsp3) is 0.562. The molecule has 2 aliphatic heterocycles. The van der Waals surface area contributed by atoms with Crippen molar-refractivity contribution in [2.75, 3.05) is 26.2 Å². The third-order valence-corrected chi connectivity index (χ3v) is 4.53. The van der Waals surface area contributed by atoms with Gasteiger partial charge in [-0.2, -0.15) is 0 Å². The molecule has 0 unspecified atom stereocenters. The SMILES string of the molecule is O=C(O)[C@@H]1Cc2ccccc2CN1CCN1CCCC1. The van der Waals surface area contributed by atoms with Crippen LogP contribution in [0.1, 0.15) is 24.0 Å². The number of nitrogens with zero attached hydrogens (tertiary/aromatic N) is 2. The molecular formula is C16H22N2O2. The van der Waals surface area contributed by atoms with Crippen molar-refractivity contribution in [3.63, 3.8) is 0 Å². The number of fused-ring (bicyclic) bond motifs is 1. The lowest BCUT2D eigenvalue weighted by atomic mass is 9.94. The zero-order valence-corrected chi connectivity index (χ0v) is 11.8. The Bertz CT molecular complexity index is 483. The van der Waals surface area contributed by atoms with Crippen molar-refractivity contribution >= 4 is 5.97 Å². The van der Waals surface area contributed by atoms with Crippen molar-refractivity contribution in [2.24, 2.45) is 0 Å². The molecule has 1 saturated heterocycles. The van der Waals surface area contributed by atoms with Gasteiger partial charge in [0.2, 0.25) is 0 Å². The maximum atomic E-state index is 11.5. The van der Waals surface area contributed by atoms with Crippen LogP contribution in [0.25, 0.3) is 0 Å². The van der Waals surface area contributed by atoms with Gasteiger partial charge in [0, 0.05) is 19.6 Å². The number of hydrogen-bond donors (Lipinski definition) is 1. The first-order valence-corrected chi connectivity index (χ1v) is 7.50. The summed E-state index contributed by atoms with van der Waals surface area (Å²) in [6, 6.07) is 7.85. The summed E-state index contributed by atoms with van der Waals surface area (Å²) >= 11 is 0. The molecule has 3 rings (SSSR count). The van der Waals surface area contributed by atoms with E-state index in [-0.39, 0.29) is 6.04 Å². The summed E-state index contributed by atoms with van der Waals surface area (Å²) in [6.45, 7) is 4.95. The van der Waals surface area contributed by atoms with E-state index >= 15 is 0 Å². The van der Waals surface area contributed by atoms with E-state index in [1.54, 1.807) is 0 Å². The minimum absolute atomic E-state index is 0.368. The van der Waals surface area contributed by atoms with Crippen molar-refractivity contribution in [3.8, 4) is 0 Å². The highest BCUT2D eigenvalue weighted by Gasteiger charge is 2.31. The van der Waals surface area contributed by atoms with Gasteiger partial charge in [-0.1, -0.05) is 24.3 Å². The zero-order chi connectivity index (χ0) is 13.9. The van der Waals surface area contributed by atoms with Crippen LogP contribution in [0.15, 0.2) is 24.3 Å². The van der Waals surface area contributed by atoms with Crippen LogP contribution < -0.4 is 0 Å². The van der Waals surface area contributed by atoms with Gasteiger partial charge in [-0.15, -0.1) is 0 Å². The Morgan fingerprint density at radius 1 is 1.15 bits per heavy atom. The van der Waals surface area contributed by atoms with Crippen molar-refractivity contribution in [2.45, 2.75) is 31.8 Å². The number of benzene rings is 1. The number of aliphatic carboxylic acids is 1. The second-order valence-electron chi connectivity index (χ2n) is 5.85. The molecule has 1 atom stereocenters. The molecule has 0 aromatic heterocycles. The molecular weight excluding hydrogens is 252 g/mol. The number of rotatable bonds is 4. The minimum atomic E-state index is -0.694. The lowest BCUT2D eigenvalue weighted by Gasteiger charge is -2.35. The van der Waals surface area contributed by atoms with E-state index in [0.29, 0.717) is 6.42 Å². The lowest BCUT2D eigenvalue weighted by molar-refractivity contribution is -0.144. The first kappa shape index (κ1) is 13.6. The van der Waals surface area contributed by atoms with E-state index in [0.717, 1.165) is 19.6 Å². The van der Waals surface area contributed by atoms with Crippen LogP contribution in [0, 0.1) is 0 Å². The number of hydrogen-bond acceptors (Lipinski definition) is 3. The van der Waals surface area contributed by atoms with Gasteiger partial charge in [0.1, 0.15) is 6.04 Å². The fourth-order valence-electron chi connectivity index (χ4n) is 3.33. The van der Waals surface area contributed by atoms with Gasteiger partial charge in [-0.3, -0.25) is 9.69 Å². The van der Waals surface area contributed by atoms with Gasteiger partial charge in [-0.25, -0.2) is 0 Å². The van der Waals surface area contributed by atoms with Gasteiger partial charge in [0.05, 0.1) is 0 Å². The number of likely N-dealkylation sites (tertiary alicyclic amines) is 1. The molecule has 2 heterocycles. The largest absolute Gasteiger partial charge is 0.480 e. The molecule has 20 heavy (non-hydrogen) atoms. The Morgan fingerprint density at radius 2 is 1.85 bits per heavy atom. The summed E-state index contributed by atoms with van der Waals surface area (Å²) in [5.41, 5.74) is 2.48. The molecule has 1 aromatic carbocycles. The molecule has 0 amide bonds. The van der Waals surface area contributed by atoms with Crippen LogP contribution in [-0.2, 0) is 17.8 Å². The third-order valence-electron chi connectivity index (χ3n) is 4.53. The van der Waals surface area contributed by atoms with Gasteiger partial charge in [0.25, 0.3) is 0 Å². The standard InChI is InChI=1S/C16H22N2O2/c19-16(20)15-11-13-5-1-2-6-14(13)12-18(15)10-9-17-7-3-4-8-17/h1-2,5-6,15H,3-4,7-12H2,(H,19,20)/t15-/m0/s1. The van der Waals surface area contributed by atoms with Crippen LogP contribution in [0.5, 0.6) is 0 Å². The van der Waals surface area contributed by atoms with Gasteiger partial charge >= 0.3 is 5.97 Å². The smallest absolute Gasteiger partial charge is 0.321 e. The molecule has 1 aromatic rings. The number of carboxylic acid groups (broad SMARTS) is 1. The predicted molar refractivity (Wildman–Crippen MR) is 77.7 cm³/mol. The Morgan fingerprint density at radius 3 is 2.55 bits per heavy atom. The van der Waals surface area contributed by atoms with Crippen molar-refractivity contribution < 1.29 is 9.90 Å². The highest BCUT2D eigenvalue weighted by atomic mass is 16.4. The quantitative estimate of drug-likeness (QED) is 0.905. The maximum Gasteiger partial charge on any atom is 0.321 e. The Kier molecular flexibility index (Phi) is 4.03. The molecule has 1 fully saturated rings. The Balaban J connectivity index is 1.69. The zero-order valence-electron chi connectivity index (χ0n) is 11.8. The topological polar surface area (TPSA) is 43.8 Å². The molecule has 0 saturated carbocycles. The predicted octanol–water partition coefficient (Wildman–Crippen LogP) is 1.59. The molecule has 1 N–H and O–H groups in total. The second kappa shape index (κ2) is 5.94. The van der Waals surface area contributed by atoms with Crippen molar-refractivity contribution in [1.29, 1.82) is 0 Å². The van der Waals surface area contributed by atoms with Gasteiger partial charge < -0.3 is 10.0 Å². The molecule has 4 nitrogen and oxygen atoms in total. The Hall–Kier alpha value is -1.39. The molecule has 0 aliphatic carbocycles. The van der Waals surface area contributed by atoms with E-state index in [2.05, 4.69) is 21.9 Å². The maximum absolute atomic E-state index is 11.5. The van der Waals surface area contributed by atoms with Gasteiger partial charge in [-0.05, 0) is 43.5 Å². The normalized spacial score (nSPS) is 23.7. The first-order chi connectivity index (χ1) is 9.74. The lowest BCUT2D eigenvalue weighted by Crippen LogP contribution is -2.48. The third kappa shape index (κ3) is 2.86. The second-order valence-corrected chi connectivity index (χ2v) is 5.85. The summed E-state index contributed by atoms with van der Waals surface area (Å²) in [5, 5.41) is 9.47. The molecule has 2 aliphatic rings. The number of carboxylic acids is 1. The summed E-state index contributed by atoms with van der Waals surface area (Å²) in [4.78, 5) is 16.1. The van der Waals surface area contributed by atoms with E-state index in [1.165, 1.54) is 37.1 Å². The van der Waals surface area contributed by atoms with E-state index in [1.807, 2.05) is 12.1 Å². The highest BCUT2D eigenvalue weighted by Crippen LogP contribution is 2.23. The van der Waals surface area contributed by atoms with Crippen molar-refractivity contribution in [3.05, 3.63) is 35.4 Å². The van der Waals surface area contributed by atoms with Crippen molar-refractivity contribution in [1.82, 2.24) is 9.80 Å². The fourth-order valence-corrected chi connectivity index (χ4v) is 3.33. The molecule has 0 radical (unpaired) electrons. The van der Waals surface area contributed by atoms with Crippen LogP contribution >= 0.6 is 0 Å². The number of carbonyl (C=O) groups is 1. The molecule has 108 valence electrons. The Labute approximate surface area is 120 Å². The van der Waals surface area contributed by atoms with Crippen LogP contribution in [0.2, 0.25) is 0 Å². The summed E-state index contributed by atoms with van der Waals surface area (Å²) < 4.78 is 0. The summed E-state index contributed by atoms with van der Waals surface area (Å²) in [7, 11) is 0. The summed E-state index contributed by atoms with van der Waals surface area (Å²) in [5.74, 6) is -0.694. The van der Waals surface area contributed by atoms with E-state index < -0.39 is 5.97 Å². The molecule has 4 heteroatoms. The van der Waals surface area contributed by atoms with E-state index in [4.69, 9.17) is 0 Å². The monoisotopic (exact) mass is 274 g/mol. The van der Waals surface area contributed by atoms with Gasteiger partial charge in [0.15, 0.2) is 0 Å². The average Bonchev–Trinajstić information content (AvgIpc) is 2.97.